The molecule has 0 fully saturated rings. The molecule has 2 aromatic carbocycles. The number of aliphatic hydroxyl groups is 1. The van der Waals surface area contributed by atoms with Crippen molar-refractivity contribution in [3.63, 3.8) is 0 Å². The molecule has 0 bridgehead atoms. The quantitative estimate of drug-likeness (QED) is 0.767. The van der Waals surface area contributed by atoms with Crippen molar-refractivity contribution in [3.05, 3.63) is 71.3 Å². The van der Waals surface area contributed by atoms with Gasteiger partial charge in [0.05, 0.1) is 6.10 Å². The monoisotopic (exact) mass is 210 g/mol. The van der Waals surface area contributed by atoms with E-state index in [1.165, 1.54) is 11.1 Å². The predicted octanol–water partition coefficient (Wildman–Crippen LogP) is 3.06. The Morgan fingerprint density at radius 1 is 0.875 bits per heavy atom. The van der Waals surface area contributed by atoms with Crippen molar-refractivity contribution >= 4 is 0 Å². The van der Waals surface area contributed by atoms with E-state index in [-0.39, 0.29) is 12.0 Å². The maximum absolute atomic E-state index is 10.3. The van der Waals surface area contributed by atoms with Crippen LogP contribution in [0.2, 0.25) is 0 Å². The van der Waals surface area contributed by atoms with Crippen molar-refractivity contribution in [2.75, 3.05) is 0 Å². The van der Waals surface area contributed by atoms with Crippen LogP contribution in [0.5, 0.6) is 0 Å². The molecule has 80 valence electrons. The largest absolute Gasteiger partial charge is 0.388 e. The lowest BCUT2D eigenvalue weighted by atomic mass is 9.94. The second-order valence-electron chi connectivity index (χ2n) is 4.36. The van der Waals surface area contributed by atoms with E-state index in [4.69, 9.17) is 0 Å². The minimum Gasteiger partial charge on any atom is -0.388 e. The van der Waals surface area contributed by atoms with Crippen LogP contribution in [0.4, 0.5) is 0 Å². The van der Waals surface area contributed by atoms with Crippen molar-refractivity contribution < 1.29 is 5.11 Å². The van der Waals surface area contributed by atoms with E-state index in [9.17, 15) is 5.11 Å². The molecular formula is C15H14O. The first-order chi connectivity index (χ1) is 7.86. The molecule has 0 aliphatic heterocycles. The molecule has 1 heteroatoms. The van der Waals surface area contributed by atoms with E-state index in [2.05, 4.69) is 18.2 Å². The van der Waals surface area contributed by atoms with Crippen LogP contribution >= 0.6 is 0 Å². The number of hydrogen-bond acceptors (Lipinski definition) is 1. The van der Waals surface area contributed by atoms with Gasteiger partial charge in [-0.3, -0.25) is 0 Å². The second-order valence-corrected chi connectivity index (χ2v) is 4.36. The van der Waals surface area contributed by atoms with Crippen molar-refractivity contribution in [1.29, 1.82) is 0 Å². The van der Waals surface area contributed by atoms with Crippen LogP contribution in [-0.4, -0.2) is 5.11 Å². The molecule has 0 aromatic heterocycles. The van der Waals surface area contributed by atoms with Crippen LogP contribution in [0.3, 0.4) is 0 Å². The molecule has 0 saturated heterocycles. The molecule has 1 aliphatic carbocycles. The third kappa shape index (κ3) is 1.44. The molecule has 2 atom stereocenters. The van der Waals surface area contributed by atoms with Crippen LogP contribution in [0.15, 0.2) is 54.6 Å². The highest BCUT2D eigenvalue weighted by molar-refractivity contribution is 5.39. The van der Waals surface area contributed by atoms with E-state index in [0.29, 0.717) is 0 Å². The molecule has 1 N–H and O–H groups in total. The fourth-order valence-corrected chi connectivity index (χ4v) is 2.57. The first-order valence-corrected chi connectivity index (χ1v) is 5.67. The maximum atomic E-state index is 10.3. The Kier molecular flexibility index (Phi) is 2.26. The van der Waals surface area contributed by atoms with Crippen LogP contribution in [-0.2, 0) is 6.42 Å². The van der Waals surface area contributed by atoms with Crippen molar-refractivity contribution in [3.8, 4) is 0 Å². The Labute approximate surface area is 95.4 Å². The van der Waals surface area contributed by atoms with Gasteiger partial charge in [0.25, 0.3) is 0 Å². The first kappa shape index (κ1) is 9.61. The topological polar surface area (TPSA) is 20.2 Å². The predicted molar refractivity (Wildman–Crippen MR) is 64.3 cm³/mol. The van der Waals surface area contributed by atoms with Crippen molar-refractivity contribution in [1.82, 2.24) is 0 Å². The molecule has 0 spiro atoms. The van der Waals surface area contributed by atoms with E-state index in [1.54, 1.807) is 0 Å². The summed E-state index contributed by atoms with van der Waals surface area (Å²) >= 11 is 0. The Bertz CT molecular complexity index is 490. The minimum atomic E-state index is -0.349. The molecule has 1 nitrogen and oxygen atoms in total. The molecule has 16 heavy (non-hydrogen) atoms. The van der Waals surface area contributed by atoms with Gasteiger partial charge in [0.2, 0.25) is 0 Å². The number of hydrogen-bond donors (Lipinski definition) is 1. The lowest BCUT2D eigenvalue weighted by Crippen LogP contribution is -2.04. The van der Waals surface area contributed by atoms with Crippen molar-refractivity contribution in [2.45, 2.75) is 18.4 Å². The van der Waals surface area contributed by atoms with Gasteiger partial charge < -0.3 is 5.11 Å². The third-order valence-corrected chi connectivity index (χ3v) is 3.42. The lowest BCUT2D eigenvalue weighted by molar-refractivity contribution is 0.158. The highest BCUT2D eigenvalue weighted by Gasteiger charge is 2.31. The number of benzene rings is 2. The fraction of sp³-hybridized carbons (Fsp3) is 0.200. The van der Waals surface area contributed by atoms with Crippen molar-refractivity contribution in [2.24, 2.45) is 0 Å². The van der Waals surface area contributed by atoms with Gasteiger partial charge in [0.15, 0.2) is 0 Å². The molecule has 1 aliphatic rings. The summed E-state index contributed by atoms with van der Waals surface area (Å²) in [7, 11) is 0. The Hall–Kier alpha value is -1.60. The van der Waals surface area contributed by atoms with Crippen LogP contribution in [0.1, 0.15) is 28.7 Å². The summed E-state index contributed by atoms with van der Waals surface area (Å²) in [5.74, 6) is 0.221. The Balaban J connectivity index is 1.99. The molecule has 0 radical (unpaired) electrons. The molecule has 0 amide bonds. The van der Waals surface area contributed by atoms with E-state index >= 15 is 0 Å². The van der Waals surface area contributed by atoms with E-state index < -0.39 is 0 Å². The van der Waals surface area contributed by atoms with Gasteiger partial charge in [0, 0.05) is 5.92 Å². The summed E-state index contributed by atoms with van der Waals surface area (Å²) in [5.41, 5.74) is 3.60. The summed E-state index contributed by atoms with van der Waals surface area (Å²) in [6.45, 7) is 0. The average molecular weight is 210 g/mol. The molecule has 0 heterocycles. The highest BCUT2D eigenvalue weighted by atomic mass is 16.3. The summed E-state index contributed by atoms with van der Waals surface area (Å²) in [4.78, 5) is 0. The zero-order chi connectivity index (χ0) is 11.0. The lowest BCUT2D eigenvalue weighted by Gasteiger charge is -2.15. The molecular weight excluding hydrogens is 196 g/mol. The summed E-state index contributed by atoms with van der Waals surface area (Å²) < 4.78 is 0. The smallest absolute Gasteiger partial charge is 0.0864 e. The van der Waals surface area contributed by atoms with E-state index in [0.717, 1.165) is 12.0 Å². The fourth-order valence-electron chi connectivity index (χ4n) is 2.57. The molecule has 0 saturated carbocycles. The second kappa shape index (κ2) is 3.76. The molecule has 2 aromatic rings. The summed E-state index contributed by atoms with van der Waals surface area (Å²) in [6.07, 6.45) is 0.597. The SMILES string of the molecule is O[C@@H]1c2ccccc2C[C@@H]1c1ccccc1. The zero-order valence-electron chi connectivity index (χ0n) is 9.01. The average Bonchev–Trinajstić information content (AvgIpc) is 2.69. The molecule has 0 unspecified atom stereocenters. The number of aliphatic hydroxyl groups excluding tert-OH is 1. The van der Waals surface area contributed by atoms with E-state index in [1.807, 2.05) is 36.4 Å². The third-order valence-electron chi connectivity index (χ3n) is 3.42. The summed E-state index contributed by atoms with van der Waals surface area (Å²) in [6, 6.07) is 18.5. The van der Waals surface area contributed by atoms with Crippen LogP contribution in [0, 0.1) is 0 Å². The number of rotatable bonds is 1. The zero-order valence-corrected chi connectivity index (χ0v) is 9.01. The number of fused-ring (bicyclic) bond motifs is 1. The summed E-state index contributed by atoms with van der Waals surface area (Å²) in [5, 5.41) is 10.3. The highest BCUT2D eigenvalue weighted by Crippen LogP contribution is 2.41. The van der Waals surface area contributed by atoms with Crippen LogP contribution < -0.4 is 0 Å². The van der Waals surface area contributed by atoms with Gasteiger partial charge in [-0.05, 0) is 23.1 Å². The first-order valence-electron chi connectivity index (χ1n) is 5.67. The van der Waals surface area contributed by atoms with Gasteiger partial charge >= 0.3 is 0 Å². The van der Waals surface area contributed by atoms with Gasteiger partial charge in [-0.2, -0.15) is 0 Å². The Morgan fingerprint density at radius 2 is 1.56 bits per heavy atom. The minimum absolute atomic E-state index is 0.221. The maximum Gasteiger partial charge on any atom is 0.0864 e. The standard InChI is InChI=1S/C15H14O/c16-15-13-9-5-4-8-12(13)10-14(15)11-6-2-1-3-7-11/h1-9,14-16H,10H2/t14-,15-/m1/s1. The molecule has 3 rings (SSSR count). The van der Waals surface area contributed by atoms with Gasteiger partial charge in [-0.15, -0.1) is 0 Å². The van der Waals surface area contributed by atoms with Gasteiger partial charge in [-0.25, -0.2) is 0 Å². The normalized spacial score (nSPS) is 23.1. The Morgan fingerprint density at radius 3 is 2.31 bits per heavy atom. The van der Waals surface area contributed by atoms with Gasteiger partial charge in [-0.1, -0.05) is 54.6 Å². The van der Waals surface area contributed by atoms with Crippen LogP contribution in [0.25, 0.3) is 0 Å². The van der Waals surface area contributed by atoms with Gasteiger partial charge in [0.1, 0.15) is 0 Å².